The van der Waals surface area contributed by atoms with Crippen molar-refractivity contribution < 1.29 is 43.9 Å². The van der Waals surface area contributed by atoms with Crippen molar-refractivity contribution in [3.8, 4) is 0 Å². The van der Waals surface area contributed by atoms with Crippen LogP contribution in [0.15, 0.2) is 36.7 Å². The minimum absolute atomic E-state index is 0.0143. The van der Waals surface area contributed by atoms with E-state index in [2.05, 4.69) is 47.9 Å². The number of benzene rings is 1. The second-order valence-electron chi connectivity index (χ2n) is 12.2. The van der Waals surface area contributed by atoms with Crippen molar-refractivity contribution >= 4 is 17.9 Å². The maximum absolute atomic E-state index is 14.5. The zero-order valence-electron chi connectivity index (χ0n) is 25.3. The molecule has 2 heterocycles. The minimum atomic E-state index is -2.74. The Morgan fingerprint density at radius 1 is 1.00 bits per heavy atom. The minimum Gasteiger partial charge on any atom is -0.481 e. The van der Waals surface area contributed by atoms with Crippen LogP contribution in [-0.4, -0.2) is 89.6 Å². The van der Waals surface area contributed by atoms with Gasteiger partial charge in [0.25, 0.3) is 0 Å². The molecule has 1 fully saturated rings. The quantitative estimate of drug-likeness (QED) is 0.225. The number of nitrogens with zero attached hydrogens (tertiary/aromatic N) is 3. The van der Waals surface area contributed by atoms with Crippen molar-refractivity contribution in [1.29, 1.82) is 0 Å². The zero-order valence-corrected chi connectivity index (χ0v) is 25.3. The van der Waals surface area contributed by atoms with Crippen molar-refractivity contribution in [1.82, 2.24) is 20.2 Å². The van der Waals surface area contributed by atoms with Gasteiger partial charge in [-0.25, -0.2) is 19.2 Å². The molecule has 0 aliphatic carbocycles. The summed E-state index contributed by atoms with van der Waals surface area (Å²) in [5.41, 5.74) is -0.940. The molecule has 13 heteroatoms. The average molecular weight is 607 g/mol. The number of carboxylic acids is 3. The molecule has 0 atom stereocenters. The van der Waals surface area contributed by atoms with Gasteiger partial charge in [0.15, 0.2) is 5.60 Å². The topological polar surface area (TPSA) is 182 Å². The number of aromatic nitrogens is 2. The highest BCUT2D eigenvalue weighted by atomic mass is 19.1. The first-order chi connectivity index (χ1) is 19.9. The van der Waals surface area contributed by atoms with Crippen molar-refractivity contribution in [3.05, 3.63) is 59.4 Å². The summed E-state index contributed by atoms with van der Waals surface area (Å²) in [6.07, 6.45) is 4.19. The summed E-state index contributed by atoms with van der Waals surface area (Å²) in [5.74, 6) is -4.39. The van der Waals surface area contributed by atoms with Crippen LogP contribution in [0.4, 0.5) is 4.39 Å². The van der Waals surface area contributed by atoms with Gasteiger partial charge in [-0.1, -0.05) is 18.2 Å². The highest BCUT2D eigenvalue weighted by Crippen LogP contribution is 2.33. The molecule has 238 valence electrons. The van der Waals surface area contributed by atoms with Gasteiger partial charge in [-0.15, -0.1) is 0 Å². The Labute approximate surface area is 250 Å². The molecule has 2 aromatic rings. The largest absolute Gasteiger partial charge is 0.481 e. The smallest absolute Gasteiger partial charge is 0.336 e. The number of nitrogens with one attached hydrogen (secondary N) is 1. The maximum atomic E-state index is 14.5. The molecular weight excluding hydrogens is 563 g/mol. The Hall–Kier alpha value is -3.52. The van der Waals surface area contributed by atoms with Crippen LogP contribution in [0.1, 0.15) is 70.3 Å². The lowest BCUT2D eigenvalue weighted by atomic mass is 9.79. The first-order valence-electron chi connectivity index (χ1n) is 13.9. The number of aliphatic hydroxyl groups is 1. The molecule has 12 nitrogen and oxygen atoms in total. The van der Waals surface area contributed by atoms with Gasteiger partial charge in [-0.05, 0) is 46.6 Å². The van der Waals surface area contributed by atoms with Crippen molar-refractivity contribution in [2.75, 3.05) is 13.7 Å². The van der Waals surface area contributed by atoms with E-state index in [9.17, 15) is 18.8 Å². The van der Waals surface area contributed by atoms with Crippen LogP contribution in [0, 0.1) is 5.82 Å². The van der Waals surface area contributed by atoms with Crippen LogP contribution in [-0.2, 0) is 38.6 Å². The van der Waals surface area contributed by atoms with E-state index < -0.39 is 36.4 Å². The van der Waals surface area contributed by atoms with Crippen molar-refractivity contribution in [3.63, 3.8) is 0 Å². The van der Waals surface area contributed by atoms with Gasteiger partial charge in [-0.2, -0.15) is 0 Å². The van der Waals surface area contributed by atoms with E-state index in [1.807, 2.05) is 24.5 Å². The molecule has 5 N–H and O–H groups in total. The van der Waals surface area contributed by atoms with Crippen LogP contribution in [0.25, 0.3) is 0 Å². The molecule has 1 aromatic carbocycles. The summed E-state index contributed by atoms with van der Waals surface area (Å²) >= 11 is 0. The molecule has 1 saturated heterocycles. The summed E-state index contributed by atoms with van der Waals surface area (Å²) in [5, 5.41) is 37.6. The highest BCUT2D eigenvalue weighted by molar-refractivity contribution is 5.88. The van der Waals surface area contributed by atoms with E-state index >= 15 is 0 Å². The molecule has 43 heavy (non-hydrogen) atoms. The summed E-state index contributed by atoms with van der Waals surface area (Å²) in [4.78, 5) is 41.9. The number of ether oxygens (including phenoxy) is 1. The number of hydrogen-bond acceptors (Lipinski definition) is 9. The van der Waals surface area contributed by atoms with Gasteiger partial charge in [0, 0.05) is 67.3 Å². The standard InChI is InChI=1S/C24H35FN4O.C6H8O7/c1-23(2)12-20(13-24(3,4)28-23)29(17-19-8-6-7-9-21(19)25)16-18-14-26-22(27-15-18)10-11-30-5;7-3(8)1-6(13,5(11)12)2-4(9)10/h6-9,14-15,20,28H,10-13,16-17H2,1-5H3;13H,1-2H2,(H,7,8)(H,9,10)(H,11,12). The predicted octanol–water partition coefficient (Wildman–Crippen LogP) is 2.87. The SMILES string of the molecule is COCCc1ncc(CN(Cc2ccccc2F)C2CC(C)(C)NC(C)(C)C2)cn1.O=C(O)CC(O)(CC(=O)O)C(=O)O. The Bertz CT molecular complexity index is 1210. The number of hydrogen-bond donors (Lipinski definition) is 5. The van der Waals surface area contributed by atoms with Crippen molar-refractivity contribution in [2.24, 2.45) is 0 Å². The molecule has 1 aliphatic rings. The molecule has 1 aliphatic heterocycles. The first-order valence-corrected chi connectivity index (χ1v) is 13.9. The molecule has 0 radical (unpaired) electrons. The lowest BCUT2D eigenvalue weighted by Crippen LogP contribution is -2.62. The fraction of sp³-hybridized carbons (Fsp3) is 0.567. The monoisotopic (exact) mass is 606 g/mol. The van der Waals surface area contributed by atoms with Crippen LogP contribution < -0.4 is 5.32 Å². The Morgan fingerprint density at radius 3 is 2.00 bits per heavy atom. The van der Waals surface area contributed by atoms with E-state index in [-0.39, 0.29) is 16.9 Å². The number of carbonyl (C=O) groups is 3. The third kappa shape index (κ3) is 11.9. The Kier molecular flexibility index (Phi) is 12.7. The third-order valence-corrected chi connectivity index (χ3v) is 6.98. The molecular formula is C30H43FN4O8. The highest BCUT2D eigenvalue weighted by Gasteiger charge is 2.41. The second-order valence-corrected chi connectivity index (χ2v) is 12.2. The van der Waals surface area contributed by atoms with Crippen LogP contribution >= 0.6 is 0 Å². The summed E-state index contributed by atoms with van der Waals surface area (Å²) in [7, 11) is 1.68. The van der Waals surface area contributed by atoms with Crippen molar-refractivity contribution in [2.45, 2.75) is 95.6 Å². The molecule has 0 bridgehead atoms. The van der Waals surface area contributed by atoms with E-state index in [1.165, 1.54) is 6.07 Å². The van der Waals surface area contributed by atoms with E-state index in [1.54, 1.807) is 13.2 Å². The van der Waals surface area contributed by atoms with Crippen LogP contribution in [0.2, 0.25) is 0 Å². The lowest BCUT2D eigenvalue weighted by Gasteiger charge is -2.49. The summed E-state index contributed by atoms with van der Waals surface area (Å²) < 4.78 is 19.6. The molecule has 1 aromatic heterocycles. The van der Waals surface area contributed by atoms with Gasteiger partial charge in [0.2, 0.25) is 0 Å². The number of aliphatic carboxylic acids is 3. The number of rotatable bonds is 13. The molecule has 0 unspecified atom stereocenters. The van der Waals surface area contributed by atoms with E-state index in [4.69, 9.17) is 25.2 Å². The molecule has 0 amide bonds. The summed E-state index contributed by atoms with van der Waals surface area (Å²) in [6, 6.07) is 7.39. The summed E-state index contributed by atoms with van der Waals surface area (Å²) in [6.45, 7) is 10.8. The fourth-order valence-corrected chi connectivity index (χ4v) is 5.42. The lowest BCUT2D eigenvalue weighted by molar-refractivity contribution is -0.170. The number of piperidine rings is 1. The average Bonchev–Trinajstić information content (AvgIpc) is 2.86. The maximum Gasteiger partial charge on any atom is 0.336 e. The van der Waals surface area contributed by atoms with E-state index in [0.717, 1.165) is 29.8 Å². The predicted molar refractivity (Wildman–Crippen MR) is 155 cm³/mol. The third-order valence-electron chi connectivity index (χ3n) is 6.98. The van der Waals surface area contributed by atoms with Gasteiger partial charge in [0.1, 0.15) is 11.6 Å². The first kappa shape index (κ1) is 35.7. The number of carboxylic acid groups (broad SMARTS) is 3. The second kappa shape index (κ2) is 15.3. The number of methoxy groups -OCH3 is 1. The Balaban J connectivity index is 0.000000420. The zero-order chi connectivity index (χ0) is 32.4. The van der Waals surface area contributed by atoms with Gasteiger partial charge >= 0.3 is 17.9 Å². The normalized spacial score (nSPS) is 16.3. The van der Waals surface area contributed by atoms with E-state index in [0.29, 0.717) is 32.2 Å². The van der Waals surface area contributed by atoms with Crippen LogP contribution in [0.5, 0.6) is 0 Å². The fourth-order valence-electron chi connectivity index (χ4n) is 5.42. The molecule has 3 rings (SSSR count). The van der Waals surface area contributed by atoms with Gasteiger partial charge in [-0.3, -0.25) is 14.5 Å². The van der Waals surface area contributed by atoms with Crippen LogP contribution in [0.3, 0.4) is 0 Å². The van der Waals surface area contributed by atoms with Gasteiger partial charge < -0.3 is 30.5 Å². The molecule has 0 saturated carbocycles. The molecule has 0 spiro atoms. The Morgan fingerprint density at radius 2 is 1.53 bits per heavy atom. The number of halogens is 1. The van der Waals surface area contributed by atoms with Gasteiger partial charge in [0.05, 0.1) is 19.4 Å².